The standard InChI is InChI=1S/C18H32Si2/c1-17(2,3)19(7,8)15-13-11-12-14-16-20(9,10)18(4,5)6/h11-12H,1-10H3. The lowest BCUT2D eigenvalue weighted by Gasteiger charge is -2.31. The molecule has 0 aliphatic heterocycles. The molecule has 0 N–H and O–H groups in total. The average molecular weight is 305 g/mol. The highest BCUT2D eigenvalue weighted by Crippen LogP contribution is 2.35. The van der Waals surface area contributed by atoms with E-state index < -0.39 is 16.1 Å². The number of rotatable bonds is 0. The molecule has 0 aromatic rings. The van der Waals surface area contributed by atoms with Gasteiger partial charge in [0.25, 0.3) is 0 Å². The largest absolute Gasteiger partial charge is 0.138 e. The maximum atomic E-state index is 3.47. The number of allylic oxidation sites excluding steroid dienone is 2. The maximum absolute atomic E-state index is 3.47. The van der Waals surface area contributed by atoms with Crippen LogP contribution in [-0.2, 0) is 0 Å². The van der Waals surface area contributed by atoms with Crippen molar-refractivity contribution in [1.29, 1.82) is 0 Å². The molecule has 0 unspecified atom stereocenters. The third kappa shape index (κ3) is 5.74. The Morgan fingerprint density at radius 2 is 0.850 bits per heavy atom. The number of hydrogen-bond donors (Lipinski definition) is 0. The molecule has 112 valence electrons. The highest BCUT2D eigenvalue weighted by molar-refractivity contribution is 6.88. The fourth-order valence-corrected chi connectivity index (χ4v) is 2.54. The van der Waals surface area contributed by atoms with Gasteiger partial charge in [0.2, 0.25) is 0 Å². The molecule has 0 rings (SSSR count). The van der Waals surface area contributed by atoms with Crippen LogP contribution in [0.15, 0.2) is 12.2 Å². The molecule has 0 fully saturated rings. The SMILES string of the molecule is CC(C)(C)[Si](C)(C)C#CC=CC#C[Si](C)(C)C(C)(C)C. The van der Waals surface area contributed by atoms with Crippen LogP contribution in [0.4, 0.5) is 0 Å². The van der Waals surface area contributed by atoms with Crippen LogP contribution in [0.2, 0.25) is 36.3 Å². The summed E-state index contributed by atoms with van der Waals surface area (Å²) in [5.74, 6) is 6.40. The molecule has 0 amide bonds. The van der Waals surface area contributed by atoms with Crippen LogP contribution in [-0.4, -0.2) is 16.1 Å². The molecule has 0 aromatic heterocycles. The minimum absolute atomic E-state index is 0.320. The summed E-state index contributed by atoms with van der Waals surface area (Å²) in [7, 11) is -2.97. The van der Waals surface area contributed by atoms with Gasteiger partial charge in [-0.1, -0.05) is 79.6 Å². The zero-order valence-corrected chi connectivity index (χ0v) is 17.2. The van der Waals surface area contributed by atoms with Crippen molar-refractivity contribution in [3.8, 4) is 22.9 Å². The lowest BCUT2D eigenvalue weighted by molar-refractivity contribution is 0.730. The van der Waals surface area contributed by atoms with Gasteiger partial charge in [0, 0.05) is 0 Å². The lowest BCUT2D eigenvalue weighted by atomic mass is 10.2. The Labute approximate surface area is 129 Å². The van der Waals surface area contributed by atoms with Gasteiger partial charge in [-0.25, -0.2) is 0 Å². The van der Waals surface area contributed by atoms with Crippen molar-refractivity contribution in [1.82, 2.24) is 0 Å². The fourth-order valence-electron chi connectivity index (χ4n) is 0.903. The molecule has 0 spiro atoms. The predicted molar refractivity (Wildman–Crippen MR) is 99.1 cm³/mol. The van der Waals surface area contributed by atoms with Crippen LogP contribution in [0, 0.1) is 22.9 Å². The van der Waals surface area contributed by atoms with Crippen molar-refractivity contribution < 1.29 is 0 Å². The Kier molecular flexibility index (Phi) is 6.15. The van der Waals surface area contributed by atoms with Crippen molar-refractivity contribution in [2.45, 2.75) is 77.8 Å². The molecule has 0 aromatic carbocycles. The molecule has 0 aliphatic rings. The van der Waals surface area contributed by atoms with Crippen molar-refractivity contribution in [3.63, 3.8) is 0 Å². The average Bonchev–Trinajstić information content (AvgIpc) is 2.19. The second-order valence-electron chi connectivity index (χ2n) is 8.62. The minimum atomic E-state index is -1.48. The molecule has 0 heterocycles. The van der Waals surface area contributed by atoms with Crippen molar-refractivity contribution >= 4 is 16.1 Å². The third-order valence-corrected chi connectivity index (χ3v) is 13.8. The molecule has 0 atom stereocenters. The molecule has 0 saturated carbocycles. The summed E-state index contributed by atoms with van der Waals surface area (Å²) in [5.41, 5.74) is 6.94. The van der Waals surface area contributed by atoms with Gasteiger partial charge in [0.05, 0.1) is 0 Å². The third-order valence-electron chi connectivity index (χ3n) is 4.77. The Morgan fingerprint density at radius 3 is 1.05 bits per heavy atom. The van der Waals surface area contributed by atoms with Gasteiger partial charge < -0.3 is 0 Å². The van der Waals surface area contributed by atoms with E-state index in [-0.39, 0.29) is 0 Å². The molecule has 0 saturated heterocycles. The summed E-state index contributed by atoms with van der Waals surface area (Å²) >= 11 is 0. The first-order valence-electron chi connectivity index (χ1n) is 7.41. The molecule has 0 aliphatic carbocycles. The first-order chi connectivity index (χ1) is 8.71. The second kappa shape index (κ2) is 6.38. The van der Waals surface area contributed by atoms with Crippen molar-refractivity contribution in [2.24, 2.45) is 0 Å². The van der Waals surface area contributed by atoms with E-state index in [4.69, 9.17) is 0 Å². The Morgan fingerprint density at radius 1 is 0.600 bits per heavy atom. The Balaban J connectivity index is 4.85. The smallest absolute Gasteiger partial charge is 0.126 e. The minimum Gasteiger partial charge on any atom is -0.126 e. The molecule has 0 nitrogen and oxygen atoms in total. The van der Waals surface area contributed by atoms with Gasteiger partial charge in [-0.05, 0) is 22.2 Å². The first kappa shape index (κ1) is 19.3. The van der Waals surface area contributed by atoms with Crippen LogP contribution in [0.3, 0.4) is 0 Å². The molecular weight excluding hydrogens is 272 g/mol. The quantitative estimate of drug-likeness (QED) is 0.401. The van der Waals surface area contributed by atoms with Gasteiger partial charge in [-0.3, -0.25) is 0 Å². The summed E-state index contributed by atoms with van der Waals surface area (Å²) in [6.45, 7) is 23.0. The van der Waals surface area contributed by atoms with Gasteiger partial charge in [0.15, 0.2) is 0 Å². The molecule has 20 heavy (non-hydrogen) atoms. The normalized spacial score (nSPS) is 13.5. The summed E-state index contributed by atoms with van der Waals surface area (Å²) < 4.78 is 0. The van der Waals surface area contributed by atoms with Crippen LogP contribution in [0.5, 0.6) is 0 Å². The summed E-state index contributed by atoms with van der Waals surface area (Å²) in [5, 5.41) is 0.640. The summed E-state index contributed by atoms with van der Waals surface area (Å²) in [4.78, 5) is 0. The number of hydrogen-bond acceptors (Lipinski definition) is 0. The second-order valence-corrected chi connectivity index (χ2v) is 18.6. The van der Waals surface area contributed by atoms with Gasteiger partial charge in [0.1, 0.15) is 16.1 Å². The molecule has 0 radical (unpaired) electrons. The highest BCUT2D eigenvalue weighted by Gasteiger charge is 2.34. The first-order valence-corrected chi connectivity index (χ1v) is 13.4. The summed E-state index contributed by atoms with van der Waals surface area (Å²) in [6, 6.07) is 0. The van der Waals surface area contributed by atoms with Crippen LogP contribution >= 0.6 is 0 Å². The Hall–Kier alpha value is -0.706. The van der Waals surface area contributed by atoms with E-state index in [1.807, 2.05) is 12.2 Å². The molecule has 0 bridgehead atoms. The highest BCUT2D eigenvalue weighted by atomic mass is 28.3. The monoisotopic (exact) mass is 304 g/mol. The Bertz CT molecular complexity index is 426. The van der Waals surface area contributed by atoms with Crippen molar-refractivity contribution in [3.05, 3.63) is 12.2 Å². The van der Waals surface area contributed by atoms with Gasteiger partial charge in [-0.2, -0.15) is 0 Å². The van der Waals surface area contributed by atoms with E-state index in [0.717, 1.165) is 0 Å². The van der Waals surface area contributed by atoms with Gasteiger partial charge >= 0.3 is 0 Å². The van der Waals surface area contributed by atoms with E-state index in [1.54, 1.807) is 0 Å². The van der Waals surface area contributed by atoms with Crippen LogP contribution in [0.1, 0.15) is 41.5 Å². The predicted octanol–water partition coefficient (Wildman–Crippen LogP) is 5.64. The lowest BCUT2D eigenvalue weighted by Crippen LogP contribution is -2.35. The van der Waals surface area contributed by atoms with Crippen LogP contribution < -0.4 is 0 Å². The van der Waals surface area contributed by atoms with Crippen molar-refractivity contribution in [2.75, 3.05) is 0 Å². The fraction of sp³-hybridized carbons (Fsp3) is 0.667. The maximum Gasteiger partial charge on any atom is 0.138 e. The molecular formula is C18H32Si2. The topological polar surface area (TPSA) is 0 Å². The van der Waals surface area contributed by atoms with E-state index in [1.165, 1.54) is 0 Å². The zero-order chi connectivity index (χ0) is 16.2. The van der Waals surface area contributed by atoms with E-state index in [9.17, 15) is 0 Å². The van der Waals surface area contributed by atoms with E-state index in [2.05, 4.69) is 90.7 Å². The van der Waals surface area contributed by atoms with E-state index >= 15 is 0 Å². The van der Waals surface area contributed by atoms with Gasteiger partial charge in [-0.15, -0.1) is 11.1 Å². The van der Waals surface area contributed by atoms with Crippen LogP contribution in [0.25, 0.3) is 0 Å². The summed E-state index contributed by atoms with van der Waals surface area (Å²) in [6.07, 6.45) is 3.83. The van der Waals surface area contributed by atoms with E-state index in [0.29, 0.717) is 10.1 Å². The zero-order valence-electron chi connectivity index (χ0n) is 15.2. The molecule has 2 heteroatoms.